The van der Waals surface area contributed by atoms with Crippen molar-refractivity contribution in [2.75, 3.05) is 38.0 Å². The Balaban J connectivity index is 1.37. The number of benzene rings is 1. The molecule has 4 rings (SSSR count). The number of nitrogens with zero attached hydrogens (tertiary/aromatic N) is 3. The van der Waals surface area contributed by atoms with Crippen LogP contribution < -0.4 is 5.32 Å². The Morgan fingerprint density at radius 1 is 0.929 bits per heavy atom. The predicted molar refractivity (Wildman–Crippen MR) is 117 cm³/mol. The van der Waals surface area contributed by atoms with Gasteiger partial charge in [0.2, 0.25) is 0 Å². The molecule has 1 saturated carbocycles. The fourth-order valence-electron chi connectivity index (χ4n) is 4.86. The van der Waals surface area contributed by atoms with Crippen LogP contribution in [0.15, 0.2) is 48.7 Å². The molecule has 4 heteroatoms. The zero-order valence-corrected chi connectivity index (χ0v) is 17.2. The lowest BCUT2D eigenvalue weighted by atomic mass is 9.79. The van der Waals surface area contributed by atoms with E-state index in [1.807, 2.05) is 6.20 Å². The van der Waals surface area contributed by atoms with E-state index in [0.29, 0.717) is 5.54 Å². The summed E-state index contributed by atoms with van der Waals surface area (Å²) in [6, 6.07) is 15.1. The summed E-state index contributed by atoms with van der Waals surface area (Å²) >= 11 is 0. The second-order valence-electron chi connectivity index (χ2n) is 8.61. The van der Waals surface area contributed by atoms with Crippen LogP contribution in [0, 0.1) is 6.92 Å². The van der Waals surface area contributed by atoms with E-state index in [2.05, 4.69) is 69.5 Å². The third-order valence-electron chi connectivity index (χ3n) is 6.59. The smallest absolute Gasteiger partial charge is 0.125 e. The summed E-state index contributed by atoms with van der Waals surface area (Å²) in [5.41, 5.74) is 2.94. The molecular formula is C24H34N4. The Bertz CT molecular complexity index is 714. The van der Waals surface area contributed by atoms with E-state index in [-0.39, 0.29) is 0 Å². The second-order valence-corrected chi connectivity index (χ2v) is 8.61. The Labute approximate surface area is 170 Å². The monoisotopic (exact) mass is 378 g/mol. The Hall–Kier alpha value is -1.91. The number of rotatable bonds is 6. The fraction of sp³-hybridized carbons (Fsp3) is 0.542. The van der Waals surface area contributed by atoms with Crippen LogP contribution in [0.2, 0.25) is 0 Å². The quantitative estimate of drug-likeness (QED) is 0.811. The standard InChI is InChI=1S/C24H34N4/c1-21-10-11-23(25-18-21)26-20-24(12-6-3-7-13-24)28-16-14-27(15-17-28)19-22-8-4-2-5-9-22/h2,4-5,8-11,18H,3,6-7,12-17,19-20H2,1H3,(H,25,26). The highest BCUT2D eigenvalue weighted by Crippen LogP contribution is 2.35. The molecule has 1 N–H and O–H groups in total. The lowest BCUT2D eigenvalue weighted by Gasteiger charge is -2.50. The summed E-state index contributed by atoms with van der Waals surface area (Å²) in [5.74, 6) is 1.01. The minimum atomic E-state index is 0.295. The van der Waals surface area contributed by atoms with Crippen LogP contribution in [0.1, 0.15) is 43.2 Å². The lowest BCUT2D eigenvalue weighted by molar-refractivity contribution is 0.0134. The maximum absolute atomic E-state index is 4.56. The Morgan fingerprint density at radius 2 is 1.68 bits per heavy atom. The van der Waals surface area contributed by atoms with Crippen molar-refractivity contribution >= 4 is 5.82 Å². The van der Waals surface area contributed by atoms with Gasteiger partial charge in [-0.3, -0.25) is 9.80 Å². The minimum absolute atomic E-state index is 0.295. The third kappa shape index (κ3) is 4.73. The molecule has 0 atom stereocenters. The van der Waals surface area contributed by atoms with Gasteiger partial charge in [0.15, 0.2) is 0 Å². The zero-order valence-electron chi connectivity index (χ0n) is 17.2. The van der Waals surface area contributed by atoms with E-state index in [1.54, 1.807) is 0 Å². The molecule has 0 radical (unpaired) electrons. The van der Waals surface area contributed by atoms with Crippen molar-refractivity contribution in [3.63, 3.8) is 0 Å². The highest BCUT2D eigenvalue weighted by Gasteiger charge is 2.39. The molecule has 1 aliphatic carbocycles. The number of pyridine rings is 1. The van der Waals surface area contributed by atoms with Crippen molar-refractivity contribution in [2.24, 2.45) is 0 Å². The maximum atomic E-state index is 4.56. The van der Waals surface area contributed by atoms with Crippen molar-refractivity contribution in [1.29, 1.82) is 0 Å². The van der Waals surface area contributed by atoms with Crippen LogP contribution in [-0.4, -0.2) is 53.0 Å². The van der Waals surface area contributed by atoms with Crippen LogP contribution in [-0.2, 0) is 6.54 Å². The van der Waals surface area contributed by atoms with Gasteiger partial charge in [-0.15, -0.1) is 0 Å². The van der Waals surface area contributed by atoms with Crippen LogP contribution in [0.25, 0.3) is 0 Å². The van der Waals surface area contributed by atoms with Gasteiger partial charge in [0.05, 0.1) is 0 Å². The van der Waals surface area contributed by atoms with Crippen LogP contribution in [0.4, 0.5) is 5.82 Å². The second kappa shape index (κ2) is 9.06. The van der Waals surface area contributed by atoms with E-state index >= 15 is 0 Å². The molecule has 150 valence electrons. The molecule has 1 aromatic carbocycles. The van der Waals surface area contributed by atoms with Gasteiger partial charge < -0.3 is 5.32 Å². The Kier molecular flexibility index (Phi) is 6.28. The minimum Gasteiger partial charge on any atom is -0.368 e. The molecule has 2 aliphatic rings. The van der Waals surface area contributed by atoms with Crippen molar-refractivity contribution in [3.05, 3.63) is 59.8 Å². The third-order valence-corrected chi connectivity index (χ3v) is 6.59. The maximum Gasteiger partial charge on any atom is 0.125 e. The summed E-state index contributed by atoms with van der Waals surface area (Å²) in [6.45, 7) is 8.87. The lowest BCUT2D eigenvalue weighted by Crippen LogP contribution is -2.60. The van der Waals surface area contributed by atoms with Crippen molar-refractivity contribution in [3.8, 4) is 0 Å². The van der Waals surface area contributed by atoms with Crippen LogP contribution >= 0.6 is 0 Å². The molecule has 0 unspecified atom stereocenters. The normalized spacial score (nSPS) is 20.8. The number of nitrogens with one attached hydrogen (secondary N) is 1. The first-order valence-electron chi connectivity index (χ1n) is 10.9. The predicted octanol–water partition coefficient (Wildman–Crippen LogP) is 4.32. The molecule has 2 aromatic rings. The summed E-state index contributed by atoms with van der Waals surface area (Å²) in [4.78, 5) is 9.95. The number of hydrogen-bond donors (Lipinski definition) is 1. The molecular weight excluding hydrogens is 344 g/mol. The van der Waals surface area contributed by atoms with E-state index in [0.717, 1.165) is 18.9 Å². The molecule has 2 fully saturated rings. The molecule has 2 heterocycles. The van der Waals surface area contributed by atoms with Crippen LogP contribution in [0.3, 0.4) is 0 Å². The SMILES string of the molecule is Cc1ccc(NCC2(N3CCN(Cc4ccccc4)CC3)CCCCC2)nc1. The average molecular weight is 379 g/mol. The molecule has 0 amide bonds. The number of piperazine rings is 1. The molecule has 1 aliphatic heterocycles. The van der Waals surface area contributed by atoms with E-state index in [9.17, 15) is 0 Å². The summed E-state index contributed by atoms with van der Waals surface area (Å²) in [6.07, 6.45) is 8.67. The van der Waals surface area contributed by atoms with Gasteiger partial charge in [-0.1, -0.05) is 55.7 Å². The van der Waals surface area contributed by atoms with Gasteiger partial charge in [0.1, 0.15) is 5.82 Å². The van der Waals surface area contributed by atoms with Crippen molar-refractivity contribution < 1.29 is 0 Å². The average Bonchev–Trinajstić information content (AvgIpc) is 2.75. The van der Waals surface area contributed by atoms with E-state index in [4.69, 9.17) is 0 Å². The highest BCUT2D eigenvalue weighted by molar-refractivity contribution is 5.36. The first-order valence-corrected chi connectivity index (χ1v) is 10.9. The summed E-state index contributed by atoms with van der Waals surface area (Å²) < 4.78 is 0. The molecule has 28 heavy (non-hydrogen) atoms. The molecule has 1 saturated heterocycles. The van der Waals surface area contributed by atoms with E-state index < -0.39 is 0 Å². The molecule has 0 spiro atoms. The van der Waals surface area contributed by atoms with Gasteiger partial charge in [0.25, 0.3) is 0 Å². The van der Waals surface area contributed by atoms with Gasteiger partial charge in [-0.05, 0) is 37.0 Å². The first-order chi connectivity index (χ1) is 13.7. The number of anilines is 1. The summed E-state index contributed by atoms with van der Waals surface area (Å²) in [5, 5.41) is 3.66. The summed E-state index contributed by atoms with van der Waals surface area (Å²) in [7, 11) is 0. The first kappa shape index (κ1) is 19.4. The van der Waals surface area contributed by atoms with E-state index in [1.165, 1.54) is 69.4 Å². The van der Waals surface area contributed by atoms with Gasteiger partial charge in [-0.25, -0.2) is 4.98 Å². The highest BCUT2D eigenvalue weighted by atomic mass is 15.3. The largest absolute Gasteiger partial charge is 0.368 e. The van der Waals surface area contributed by atoms with Gasteiger partial charge >= 0.3 is 0 Å². The molecule has 0 bridgehead atoms. The van der Waals surface area contributed by atoms with Gasteiger partial charge in [-0.2, -0.15) is 0 Å². The molecule has 4 nitrogen and oxygen atoms in total. The van der Waals surface area contributed by atoms with Crippen molar-refractivity contribution in [1.82, 2.24) is 14.8 Å². The van der Waals surface area contributed by atoms with Crippen LogP contribution in [0.5, 0.6) is 0 Å². The number of aromatic nitrogens is 1. The fourth-order valence-corrected chi connectivity index (χ4v) is 4.86. The van der Waals surface area contributed by atoms with Gasteiger partial charge in [0, 0.05) is 51.0 Å². The zero-order chi connectivity index (χ0) is 19.2. The Morgan fingerprint density at radius 3 is 2.36 bits per heavy atom. The number of aryl methyl sites for hydroxylation is 1. The topological polar surface area (TPSA) is 31.4 Å². The number of hydrogen-bond acceptors (Lipinski definition) is 4. The van der Waals surface area contributed by atoms with Crippen molar-refractivity contribution in [2.45, 2.75) is 51.1 Å². The molecule has 1 aromatic heterocycles.